The zero-order valence-corrected chi connectivity index (χ0v) is 15.4. The van der Waals surface area contributed by atoms with Gasteiger partial charge in [-0.25, -0.2) is 4.98 Å². The summed E-state index contributed by atoms with van der Waals surface area (Å²) in [6.07, 6.45) is 7.49. The van der Waals surface area contributed by atoms with Crippen molar-refractivity contribution in [1.82, 2.24) is 19.4 Å². The molecule has 0 saturated heterocycles. The Morgan fingerprint density at radius 2 is 2.07 bits per heavy atom. The number of nitrogens with two attached hydrogens (primary N) is 1. The third kappa shape index (κ3) is 3.07. The number of fused-ring (bicyclic) bond motifs is 1. The van der Waals surface area contributed by atoms with Gasteiger partial charge >= 0.3 is 0 Å². The van der Waals surface area contributed by atoms with Crippen molar-refractivity contribution >= 4 is 5.82 Å². The maximum Gasteiger partial charge on any atom is 0.142 e. The summed E-state index contributed by atoms with van der Waals surface area (Å²) in [7, 11) is 0. The van der Waals surface area contributed by atoms with Gasteiger partial charge in [-0.1, -0.05) is 6.92 Å². The molecule has 3 aromatic rings. The van der Waals surface area contributed by atoms with Crippen LogP contribution in [-0.4, -0.2) is 32.5 Å². The van der Waals surface area contributed by atoms with E-state index in [2.05, 4.69) is 32.4 Å². The lowest BCUT2D eigenvalue weighted by Crippen LogP contribution is -2.32. The molecule has 0 spiro atoms. The molecule has 0 bridgehead atoms. The first-order valence-electron chi connectivity index (χ1n) is 9.24. The maximum absolute atomic E-state index is 9.83. The third-order valence-corrected chi connectivity index (χ3v) is 5.06. The SMILES string of the molecule is CCCN1CCc2nc(N)c(C#N)c(-c3cccn3-c3ccncc3)c2C1. The van der Waals surface area contributed by atoms with Crippen molar-refractivity contribution in [2.24, 2.45) is 0 Å². The van der Waals surface area contributed by atoms with Crippen LogP contribution < -0.4 is 5.73 Å². The molecule has 0 radical (unpaired) electrons. The average molecular weight is 358 g/mol. The molecule has 6 heteroatoms. The van der Waals surface area contributed by atoms with Crippen molar-refractivity contribution in [3.8, 4) is 23.0 Å². The number of hydrogen-bond donors (Lipinski definition) is 1. The fourth-order valence-electron chi connectivity index (χ4n) is 3.85. The first-order chi connectivity index (χ1) is 13.2. The van der Waals surface area contributed by atoms with Crippen LogP contribution in [0.5, 0.6) is 0 Å². The molecule has 6 nitrogen and oxygen atoms in total. The Bertz CT molecular complexity index is 1000. The Kier molecular flexibility index (Phi) is 4.61. The number of hydrogen-bond acceptors (Lipinski definition) is 5. The molecule has 0 aliphatic carbocycles. The van der Waals surface area contributed by atoms with Gasteiger partial charge in [0.15, 0.2) is 0 Å². The van der Waals surface area contributed by atoms with Crippen molar-refractivity contribution in [2.45, 2.75) is 26.3 Å². The van der Waals surface area contributed by atoms with Crippen LogP contribution in [0.2, 0.25) is 0 Å². The normalized spacial score (nSPS) is 13.9. The van der Waals surface area contributed by atoms with Gasteiger partial charge in [0.2, 0.25) is 0 Å². The van der Waals surface area contributed by atoms with Gasteiger partial charge in [0, 0.05) is 55.0 Å². The summed E-state index contributed by atoms with van der Waals surface area (Å²) in [6.45, 7) is 5.00. The summed E-state index contributed by atoms with van der Waals surface area (Å²) in [4.78, 5) is 11.1. The van der Waals surface area contributed by atoms with Crippen LogP contribution in [0.1, 0.15) is 30.2 Å². The van der Waals surface area contributed by atoms with Crippen molar-refractivity contribution in [2.75, 3.05) is 18.8 Å². The van der Waals surface area contributed by atoms with E-state index in [4.69, 9.17) is 5.73 Å². The monoisotopic (exact) mass is 358 g/mol. The first-order valence-corrected chi connectivity index (χ1v) is 9.24. The molecule has 136 valence electrons. The minimum atomic E-state index is 0.317. The summed E-state index contributed by atoms with van der Waals surface area (Å²) in [5.74, 6) is 0.317. The molecule has 0 atom stereocenters. The molecule has 0 unspecified atom stereocenters. The highest BCUT2D eigenvalue weighted by molar-refractivity contribution is 5.78. The summed E-state index contributed by atoms with van der Waals surface area (Å²) in [5, 5.41) is 9.83. The minimum absolute atomic E-state index is 0.317. The summed E-state index contributed by atoms with van der Waals surface area (Å²) >= 11 is 0. The number of rotatable bonds is 4. The van der Waals surface area contributed by atoms with E-state index in [0.717, 1.165) is 60.7 Å². The number of nitriles is 1. The van der Waals surface area contributed by atoms with Gasteiger partial charge in [-0.05, 0) is 42.8 Å². The smallest absolute Gasteiger partial charge is 0.142 e. The largest absolute Gasteiger partial charge is 0.383 e. The molecule has 4 heterocycles. The second-order valence-corrected chi connectivity index (χ2v) is 6.78. The predicted octanol–water partition coefficient (Wildman–Crippen LogP) is 3.16. The molecule has 27 heavy (non-hydrogen) atoms. The molecule has 4 rings (SSSR count). The van der Waals surface area contributed by atoms with Gasteiger partial charge in [0.1, 0.15) is 17.5 Å². The molecular weight excluding hydrogens is 336 g/mol. The van der Waals surface area contributed by atoms with E-state index in [-0.39, 0.29) is 0 Å². The Morgan fingerprint density at radius 3 is 2.81 bits per heavy atom. The molecule has 3 aromatic heterocycles. The first kappa shape index (κ1) is 17.3. The van der Waals surface area contributed by atoms with Crippen LogP contribution in [0.25, 0.3) is 16.9 Å². The summed E-state index contributed by atoms with van der Waals surface area (Å²) < 4.78 is 2.08. The molecule has 1 aliphatic rings. The van der Waals surface area contributed by atoms with Gasteiger partial charge in [0.05, 0.1) is 5.69 Å². The highest BCUT2D eigenvalue weighted by Crippen LogP contribution is 2.36. The highest BCUT2D eigenvalue weighted by atomic mass is 15.1. The molecule has 0 saturated carbocycles. The van der Waals surface area contributed by atoms with Crippen molar-refractivity contribution in [1.29, 1.82) is 5.26 Å². The second-order valence-electron chi connectivity index (χ2n) is 6.78. The van der Waals surface area contributed by atoms with E-state index in [0.29, 0.717) is 11.4 Å². The molecule has 0 amide bonds. The zero-order valence-electron chi connectivity index (χ0n) is 15.4. The van der Waals surface area contributed by atoms with E-state index >= 15 is 0 Å². The van der Waals surface area contributed by atoms with Crippen LogP contribution in [-0.2, 0) is 13.0 Å². The van der Waals surface area contributed by atoms with Crippen molar-refractivity contribution < 1.29 is 0 Å². The fraction of sp³-hybridized carbons (Fsp3) is 0.286. The van der Waals surface area contributed by atoms with Gasteiger partial charge in [0.25, 0.3) is 0 Å². The van der Waals surface area contributed by atoms with Crippen LogP contribution in [0.3, 0.4) is 0 Å². The van der Waals surface area contributed by atoms with Crippen molar-refractivity contribution in [3.05, 3.63) is 59.7 Å². The van der Waals surface area contributed by atoms with E-state index in [1.807, 2.05) is 30.5 Å². The van der Waals surface area contributed by atoms with Gasteiger partial charge < -0.3 is 10.3 Å². The predicted molar refractivity (Wildman–Crippen MR) is 105 cm³/mol. The average Bonchev–Trinajstić information content (AvgIpc) is 3.17. The topological polar surface area (TPSA) is 83.8 Å². The Balaban J connectivity index is 1.93. The summed E-state index contributed by atoms with van der Waals surface area (Å²) in [6, 6.07) is 10.2. The number of anilines is 1. The number of nitrogens with zero attached hydrogens (tertiary/aromatic N) is 5. The molecule has 0 fully saturated rings. The van der Waals surface area contributed by atoms with Crippen LogP contribution in [0, 0.1) is 11.3 Å². The quantitative estimate of drug-likeness (QED) is 0.774. The van der Waals surface area contributed by atoms with E-state index in [1.54, 1.807) is 12.4 Å². The van der Waals surface area contributed by atoms with E-state index in [9.17, 15) is 5.26 Å². The number of nitrogen functional groups attached to an aromatic ring is 1. The number of aromatic nitrogens is 3. The standard InChI is InChI=1S/C21H22N6/c1-2-10-26-12-7-18-17(14-26)20(16(13-22)21(23)25-18)19-4-3-11-27(19)15-5-8-24-9-6-15/h3-6,8-9,11H,2,7,10,12,14H2,1H3,(H2,23,25). The highest BCUT2D eigenvalue weighted by Gasteiger charge is 2.26. The molecule has 2 N–H and O–H groups in total. The van der Waals surface area contributed by atoms with E-state index in [1.165, 1.54) is 0 Å². The Hall–Kier alpha value is -3.17. The van der Waals surface area contributed by atoms with Crippen LogP contribution >= 0.6 is 0 Å². The Labute approximate surface area is 158 Å². The van der Waals surface area contributed by atoms with Crippen LogP contribution in [0.15, 0.2) is 42.9 Å². The lowest BCUT2D eigenvalue weighted by Gasteiger charge is -2.30. The summed E-state index contributed by atoms with van der Waals surface area (Å²) in [5.41, 5.74) is 11.6. The minimum Gasteiger partial charge on any atom is -0.383 e. The van der Waals surface area contributed by atoms with Gasteiger partial charge in [-0.15, -0.1) is 0 Å². The lowest BCUT2D eigenvalue weighted by atomic mass is 9.93. The third-order valence-electron chi connectivity index (χ3n) is 5.06. The zero-order chi connectivity index (χ0) is 18.8. The lowest BCUT2D eigenvalue weighted by molar-refractivity contribution is 0.253. The fourth-order valence-corrected chi connectivity index (χ4v) is 3.85. The van der Waals surface area contributed by atoms with E-state index < -0.39 is 0 Å². The maximum atomic E-state index is 9.83. The Morgan fingerprint density at radius 1 is 1.26 bits per heavy atom. The van der Waals surface area contributed by atoms with Gasteiger partial charge in [-0.2, -0.15) is 5.26 Å². The van der Waals surface area contributed by atoms with Crippen LogP contribution in [0.4, 0.5) is 5.82 Å². The second kappa shape index (κ2) is 7.22. The van der Waals surface area contributed by atoms with Gasteiger partial charge in [-0.3, -0.25) is 9.88 Å². The molecule has 1 aliphatic heterocycles. The van der Waals surface area contributed by atoms with Crippen molar-refractivity contribution in [3.63, 3.8) is 0 Å². The molecular formula is C21H22N6. The molecule has 0 aromatic carbocycles. The number of pyridine rings is 2.